The molecule has 0 bridgehead atoms. The number of hydrogen-bond acceptors (Lipinski definition) is 3. The molecule has 6 heteroatoms. The Morgan fingerprint density at radius 2 is 1.92 bits per heavy atom. The van der Waals surface area contributed by atoms with Gasteiger partial charge in [-0.1, -0.05) is 23.8 Å². The minimum absolute atomic E-state index is 0. The summed E-state index contributed by atoms with van der Waals surface area (Å²) >= 11 is 1.78. The highest BCUT2D eigenvalue weighted by molar-refractivity contribution is 14.0. The van der Waals surface area contributed by atoms with Crippen molar-refractivity contribution in [3.05, 3.63) is 50.5 Å². The summed E-state index contributed by atoms with van der Waals surface area (Å²) in [6, 6.07) is 6.52. The number of nitrogens with zero attached hydrogens (tertiary/aromatic N) is 2. The summed E-state index contributed by atoms with van der Waals surface area (Å²) in [4.78, 5) is 10.6. The predicted molar refractivity (Wildman–Crippen MR) is 119 cm³/mol. The number of rotatable bonds is 6. The molecule has 0 unspecified atom stereocenters. The van der Waals surface area contributed by atoms with Gasteiger partial charge in [-0.3, -0.25) is 0 Å². The lowest BCUT2D eigenvalue weighted by atomic mass is 10.1. The van der Waals surface area contributed by atoms with Crippen molar-refractivity contribution in [1.29, 1.82) is 0 Å². The summed E-state index contributed by atoms with van der Waals surface area (Å²) < 4.78 is 0. The summed E-state index contributed by atoms with van der Waals surface area (Å²) in [6.07, 6.45) is 0.924. The van der Waals surface area contributed by atoms with Crippen molar-refractivity contribution < 1.29 is 0 Å². The summed E-state index contributed by atoms with van der Waals surface area (Å²) in [5.74, 6) is 0.863. The largest absolute Gasteiger partial charge is 0.357 e. The number of aromatic nitrogens is 1. The third-order valence-electron chi connectivity index (χ3n) is 3.95. The van der Waals surface area contributed by atoms with E-state index < -0.39 is 0 Å². The number of aryl methyl sites for hydroxylation is 4. The molecule has 25 heavy (non-hydrogen) atoms. The Morgan fingerprint density at radius 1 is 1.16 bits per heavy atom. The van der Waals surface area contributed by atoms with Gasteiger partial charge in [0, 0.05) is 24.4 Å². The van der Waals surface area contributed by atoms with Gasteiger partial charge < -0.3 is 10.6 Å². The first kappa shape index (κ1) is 21.9. The van der Waals surface area contributed by atoms with Crippen molar-refractivity contribution in [2.24, 2.45) is 4.99 Å². The Balaban J connectivity index is 0.00000312. The van der Waals surface area contributed by atoms with Crippen molar-refractivity contribution in [3.63, 3.8) is 0 Å². The van der Waals surface area contributed by atoms with Gasteiger partial charge in [-0.25, -0.2) is 9.98 Å². The molecular formula is C19H29IN4S. The highest BCUT2D eigenvalue weighted by Gasteiger charge is 2.04. The Morgan fingerprint density at radius 3 is 2.52 bits per heavy atom. The van der Waals surface area contributed by atoms with Crippen molar-refractivity contribution in [2.45, 2.75) is 47.6 Å². The number of aliphatic imine (C=N–C) groups is 1. The summed E-state index contributed by atoms with van der Waals surface area (Å²) in [5, 5.41) is 7.90. The summed E-state index contributed by atoms with van der Waals surface area (Å²) in [6.45, 7) is 12.9. The van der Waals surface area contributed by atoms with Gasteiger partial charge in [-0.05, 0) is 45.7 Å². The van der Waals surface area contributed by atoms with Crippen LogP contribution in [0.3, 0.4) is 0 Å². The van der Waals surface area contributed by atoms with E-state index in [2.05, 4.69) is 68.4 Å². The molecule has 0 aliphatic rings. The standard InChI is InChI=1S/C19H28N4S.HI/c1-6-20-19(21-10-9-18-23-15(4)16(5)24-18)22-12-17-8-7-13(2)11-14(17)3;/h7-8,11H,6,9-10,12H2,1-5H3,(H2,20,21,22);1H. The minimum Gasteiger partial charge on any atom is -0.357 e. The number of nitrogens with one attached hydrogen (secondary N) is 2. The zero-order valence-corrected chi connectivity index (χ0v) is 18.9. The number of thiazole rings is 1. The van der Waals surface area contributed by atoms with Crippen LogP contribution in [0.5, 0.6) is 0 Å². The Kier molecular flexibility index (Phi) is 9.42. The third-order valence-corrected chi connectivity index (χ3v) is 5.09. The first-order chi connectivity index (χ1) is 11.5. The molecule has 0 spiro atoms. The van der Waals surface area contributed by atoms with Crippen LogP contribution < -0.4 is 10.6 Å². The van der Waals surface area contributed by atoms with Crippen LogP contribution in [-0.2, 0) is 13.0 Å². The lowest BCUT2D eigenvalue weighted by Gasteiger charge is -2.11. The van der Waals surface area contributed by atoms with Crippen LogP contribution in [0, 0.1) is 27.7 Å². The van der Waals surface area contributed by atoms with Crippen molar-refractivity contribution in [2.75, 3.05) is 13.1 Å². The van der Waals surface area contributed by atoms with Gasteiger partial charge in [0.15, 0.2) is 5.96 Å². The number of guanidine groups is 1. The molecule has 4 nitrogen and oxygen atoms in total. The lowest BCUT2D eigenvalue weighted by molar-refractivity contribution is 0.795. The molecular weight excluding hydrogens is 443 g/mol. The monoisotopic (exact) mass is 472 g/mol. The first-order valence-corrected chi connectivity index (χ1v) is 9.32. The van der Waals surface area contributed by atoms with Crippen molar-refractivity contribution in [3.8, 4) is 0 Å². The van der Waals surface area contributed by atoms with E-state index in [0.717, 1.165) is 31.2 Å². The van der Waals surface area contributed by atoms with E-state index in [1.807, 2.05) is 0 Å². The van der Waals surface area contributed by atoms with Gasteiger partial charge >= 0.3 is 0 Å². The molecule has 2 rings (SSSR count). The SMILES string of the molecule is CCNC(=NCc1ccc(C)cc1C)NCCc1nc(C)c(C)s1.I. The van der Waals surface area contributed by atoms with E-state index in [1.54, 1.807) is 11.3 Å². The van der Waals surface area contributed by atoms with Crippen LogP contribution in [0.1, 0.15) is 39.2 Å². The zero-order valence-electron chi connectivity index (χ0n) is 15.8. The average molecular weight is 472 g/mol. The third kappa shape index (κ3) is 6.93. The molecule has 1 aromatic heterocycles. The Hall–Kier alpha value is -1.15. The zero-order chi connectivity index (χ0) is 17.5. The normalized spacial score (nSPS) is 11.2. The van der Waals surface area contributed by atoms with Crippen LogP contribution in [0.4, 0.5) is 0 Å². The van der Waals surface area contributed by atoms with Crippen LogP contribution in [0.25, 0.3) is 0 Å². The molecule has 0 aliphatic heterocycles. The number of hydrogen-bond donors (Lipinski definition) is 2. The topological polar surface area (TPSA) is 49.3 Å². The van der Waals surface area contributed by atoms with Crippen LogP contribution in [0.15, 0.2) is 23.2 Å². The molecule has 1 heterocycles. The highest BCUT2D eigenvalue weighted by atomic mass is 127. The Bertz CT molecular complexity index is 690. The second kappa shape index (κ2) is 10.8. The number of benzene rings is 1. The van der Waals surface area contributed by atoms with Gasteiger partial charge in [0.05, 0.1) is 17.2 Å². The van der Waals surface area contributed by atoms with Gasteiger partial charge in [0.1, 0.15) is 0 Å². The molecule has 0 aliphatic carbocycles. The molecule has 0 saturated heterocycles. The van der Waals surface area contributed by atoms with E-state index in [0.29, 0.717) is 6.54 Å². The fourth-order valence-corrected chi connectivity index (χ4v) is 3.40. The maximum atomic E-state index is 4.71. The smallest absolute Gasteiger partial charge is 0.191 e. The Labute approximate surface area is 172 Å². The molecule has 0 saturated carbocycles. The van der Waals surface area contributed by atoms with Crippen LogP contribution in [0.2, 0.25) is 0 Å². The second-order valence-corrected chi connectivity index (χ2v) is 7.34. The molecule has 0 amide bonds. The summed E-state index contributed by atoms with van der Waals surface area (Å²) in [5.41, 5.74) is 5.00. The van der Waals surface area contributed by atoms with Gasteiger partial charge in [0.25, 0.3) is 0 Å². The van der Waals surface area contributed by atoms with Gasteiger partial charge in [-0.15, -0.1) is 35.3 Å². The lowest BCUT2D eigenvalue weighted by Crippen LogP contribution is -2.38. The van der Waals surface area contributed by atoms with Crippen molar-refractivity contribution >= 4 is 41.3 Å². The van der Waals surface area contributed by atoms with Gasteiger partial charge in [0.2, 0.25) is 0 Å². The van der Waals surface area contributed by atoms with E-state index in [1.165, 1.54) is 26.6 Å². The molecule has 1 aromatic carbocycles. The molecule has 2 aromatic rings. The van der Waals surface area contributed by atoms with Crippen molar-refractivity contribution in [1.82, 2.24) is 15.6 Å². The fraction of sp³-hybridized carbons (Fsp3) is 0.474. The molecule has 0 atom stereocenters. The second-order valence-electron chi connectivity index (χ2n) is 6.05. The fourth-order valence-electron chi connectivity index (χ4n) is 2.46. The maximum Gasteiger partial charge on any atom is 0.191 e. The van der Waals surface area contributed by atoms with E-state index in [9.17, 15) is 0 Å². The van der Waals surface area contributed by atoms with Gasteiger partial charge in [-0.2, -0.15) is 0 Å². The van der Waals surface area contributed by atoms with E-state index >= 15 is 0 Å². The first-order valence-electron chi connectivity index (χ1n) is 8.50. The maximum absolute atomic E-state index is 4.71. The molecule has 0 radical (unpaired) electrons. The quantitative estimate of drug-likeness (QED) is 0.375. The summed E-state index contributed by atoms with van der Waals surface area (Å²) in [7, 11) is 0. The molecule has 0 fully saturated rings. The number of halogens is 1. The average Bonchev–Trinajstić information content (AvgIpc) is 2.84. The molecule has 138 valence electrons. The van der Waals surface area contributed by atoms with E-state index in [4.69, 9.17) is 4.99 Å². The van der Waals surface area contributed by atoms with E-state index in [-0.39, 0.29) is 24.0 Å². The molecule has 2 N–H and O–H groups in total. The highest BCUT2D eigenvalue weighted by Crippen LogP contribution is 2.16. The minimum atomic E-state index is 0. The van der Waals surface area contributed by atoms with Crippen LogP contribution in [-0.4, -0.2) is 24.0 Å². The predicted octanol–water partition coefficient (Wildman–Crippen LogP) is 4.29. The van der Waals surface area contributed by atoms with Crippen LogP contribution >= 0.6 is 35.3 Å².